The van der Waals surface area contributed by atoms with Gasteiger partial charge in [-0.15, -0.1) is 0 Å². The molecule has 0 radical (unpaired) electrons. The first-order valence-electron chi connectivity index (χ1n) is 10.8. The molecule has 0 unspecified atom stereocenters. The van der Waals surface area contributed by atoms with Crippen LogP contribution in [0.5, 0.6) is 0 Å². The molecule has 0 bridgehead atoms. The third kappa shape index (κ3) is 3.52. The van der Waals surface area contributed by atoms with Crippen LogP contribution in [0, 0.1) is 24.2 Å². The number of benzene rings is 2. The van der Waals surface area contributed by atoms with Crippen molar-refractivity contribution in [3.63, 3.8) is 0 Å². The summed E-state index contributed by atoms with van der Waals surface area (Å²) in [6.07, 6.45) is 1.63. The lowest BCUT2D eigenvalue weighted by Gasteiger charge is -2.24. The predicted octanol–water partition coefficient (Wildman–Crippen LogP) is 4.75. The number of aryl methyl sites for hydroxylation is 1. The first-order valence-corrected chi connectivity index (χ1v) is 12.3. The summed E-state index contributed by atoms with van der Waals surface area (Å²) in [6, 6.07) is 20.8. The highest BCUT2D eigenvalue weighted by atomic mass is 32.2. The van der Waals surface area contributed by atoms with E-state index in [0.29, 0.717) is 31.2 Å². The molecular weight excluding hydrogens is 422 g/mol. The Labute approximate surface area is 189 Å². The van der Waals surface area contributed by atoms with E-state index in [2.05, 4.69) is 6.58 Å². The summed E-state index contributed by atoms with van der Waals surface area (Å²) in [5.74, 6) is 1.10. The van der Waals surface area contributed by atoms with E-state index in [-0.39, 0.29) is 17.3 Å². The fraction of sp³-hybridized carbons (Fsp3) is 0.308. The second-order valence-electron chi connectivity index (χ2n) is 8.82. The van der Waals surface area contributed by atoms with E-state index in [4.69, 9.17) is 9.15 Å². The molecule has 1 saturated carbocycles. The van der Waals surface area contributed by atoms with Crippen molar-refractivity contribution in [1.29, 1.82) is 0 Å². The normalized spacial score (nSPS) is 24.9. The van der Waals surface area contributed by atoms with E-state index in [9.17, 15) is 8.42 Å². The molecule has 2 aromatic carbocycles. The molecular formula is C26H27NO4S. The molecule has 5 nitrogen and oxygen atoms in total. The minimum atomic E-state index is -3.56. The number of hydrogen-bond donors (Lipinski definition) is 0. The number of fused-ring (bicyclic) bond motifs is 1. The van der Waals surface area contributed by atoms with E-state index in [0.717, 1.165) is 22.5 Å². The zero-order chi connectivity index (χ0) is 22.3. The van der Waals surface area contributed by atoms with Crippen LogP contribution in [0.25, 0.3) is 5.57 Å². The van der Waals surface area contributed by atoms with Crippen LogP contribution < -0.4 is 0 Å². The molecule has 3 atom stereocenters. The minimum absolute atomic E-state index is 0.163. The van der Waals surface area contributed by atoms with Crippen molar-refractivity contribution in [3.8, 4) is 0 Å². The maximum Gasteiger partial charge on any atom is 0.243 e. The molecule has 1 saturated heterocycles. The van der Waals surface area contributed by atoms with Crippen LogP contribution in [-0.2, 0) is 21.4 Å². The Morgan fingerprint density at radius 2 is 1.88 bits per heavy atom. The number of rotatable bonds is 8. The molecule has 32 heavy (non-hydrogen) atoms. The van der Waals surface area contributed by atoms with Crippen molar-refractivity contribution in [2.45, 2.75) is 18.4 Å². The average Bonchev–Trinajstić information content (AvgIpc) is 3.20. The third-order valence-corrected chi connectivity index (χ3v) is 8.81. The second kappa shape index (κ2) is 8.03. The lowest BCUT2D eigenvalue weighted by molar-refractivity contribution is 0.0980. The van der Waals surface area contributed by atoms with Crippen molar-refractivity contribution in [3.05, 3.63) is 96.5 Å². The van der Waals surface area contributed by atoms with Gasteiger partial charge in [0.15, 0.2) is 0 Å². The summed E-state index contributed by atoms with van der Waals surface area (Å²) in [7, 11) is -3.56. The molecule has 0 spiro atoms. The molecule has 3 aromatic rings. The van der Waals surface area contributed by atoms with Crippen molar-refractivity contribution in [2.24, 2.45) is 17.3 Å². The van der Waals surface area contributed by atoms with E-state index in [1.807, 2.05) is 61.5 Å². The fourth-order valence-corrected chi connectivity index (χ4v) is 6.63. The first kappa shape index (κ1) is 21.2. The maximum absolute atomic E-state index is 13.3. The van der Waals surface area contributed by atoms with Crippen molar-refractivity contribution >= 4 is 15.6 Å². The number of ether oxygens (including phenoxy) is 1. The van der Waals surface area contributed by atoms with Gasteiger partial charge in [0.05, 0.1) is 24.4 Å². The SMILES string of the molecule is C=C(c1ccco1)[C@@]12CN(S(=O)(=O)c3ccc(C)cc3)C[C@@H]1[C@@H]2COCc1ccccc1. The van der Waals surface area contributed by atoms with Crippen LogP contribution >= 0.6 is 0 Å². The molecule has 0 N–H and O–H groups in total. The van der Waals surface area contributed by atoms with Crippen LogP contribution in [0.1, 0.15) is 16.9 Å². The van der Waals surface area contributed by atoms with Crippen LogP contribution in [0.3, 0.4) is 0 Å². The number of piperidine rings is 1. The average molecular weight is 450 g/mol. The van der Waals surface area contributed by atoms with Crippen LogP contribution in [0.4, 0.5) is 0 Å². The van der Waals surface area contributed by atoms with Gasteiger partial charge in [0.1, 0.15) is 5.76 Å². The second-order valence-corrected chi connectivity index (χ2v) is 10.8. The molecule has 1 aliphatic heterocycles. The highest BCUT2D eigenvalue weighted by Crippen LogP contribution is 2.69. The smallest absolute Gasteiger partial charge is 0.243 e. The molecule has 2 aliphatic rings. The molecule has 2 fully saturated rings. The monoisotopic (exact) mass is 449 g/mol. The summed E-state index contributed by atoms with van der Waals surface area (Å²) in [6.45, 7) is 8.26. The molecule has 1 aliphatic carbocycles. The van der Waals surface area contributed by atoms with Gasteiger partial charge in [-0.05, 0) is 54.2 Å². The van der Waals surface area contributed by atoms with Crippen molar-refractivity contribution in [1.82, 2.24) is 4.31 Å². The largest absolute Gasteiger partial charge is 0.465 e. The van der Waals surface area contributed by atoms with Gasteiger partial charge in [-0.2, -0.15) is 4.31 Å². The van der Waals surface area contributed by atoms with Gasteiger partial charge in [0.2, 0.25) is 10.0 Å². The number of hydrogen-bond acceptors (Lipinski definition) is 4. The Morgan fingerprint density at radius 1 is 1.12 bits per heavy atom. The lowest BCUT2D eigenvalue weighted by Crippen LogP contribution is -2.34. The van der Waals surface area contributed by atoms with Crippen molar-refractivity contribution in [2.75, 3.05) is 19.7 Å². The zero-order valence-corrected chi connectivity index (χ0v) is 18.9. The number of sulfonamides is 1. The maximum atomic E-state index is 13.3. The standard InChI is InChI=1S/C26H27NO4S/c1-19-10-12-22(13-11-19)32(28,29)27-15-23-24(17-30-16-21-7-4-3-5-8-21)26(23,18-27)20(2)25-9-6-14-31-25/h3-14,23-24H,2,15-18H2,1H3/t23-,24+,26+/m1/s1. The summed E-state index contributed by atoms with van der Waals surface area (Å²) >= 11 is 0. The summed E-state index contributed by atoms with van der Waals surface area (Å²) in [5, 5.41) is 0. The number of furan rings is 1. The molecule has 6 heteroatoms. The van der Waals surface area contributed by atoms with Gasteiger partial charge in [-0.3, -0.25) is 0 Å². The first-order chi connectivity index (χ1) is 15.4. The van der Waals surface area contributed by atoms with Crippen LogP contribution in [0.2, 0.25) is 0 Å². The Morgan fingerprint density at radius 3 is 2.56 bits per heavy atom. The molecule has 166 valence electrons. The topological polar surface area (TPSA) is 59.8 Å². The molecule has 0 amide bonds. The predicted molar refractivity (Wildman–Crippen MR) is 123 cm³/mol. The van der Waals surface area contributed by atoms with Gasteiger partial charge < -0.3 is 9.15 Å². The fourth-order valence-electron chi connectivity index (χ4n) is 5.11. The summed E-state index contributed by atoms with van der Waals surface area (Å²) < 4.78 is 39.9. The highest BCUT2D eigenvalue weighted by molar-refractivity contribution is 7.89. The Bertz CT molecular complexity index is 1200. The van der Waals surface area contributed by atoms with Crippen LogP contribution in [0.15, 0.2) is 88.9 Å². The lowest BCUT2D eigenvalue weighted by atomic mass is 9.92. The van der Waals surface area contributed by atoms with E-state index in [1.165, 1.54) is 0 Å². The summed E-state index contributed by atoms with van der Waals surface area (Å²) in [5.41, 5.74) is 2.67. The number of nitrogens with zero attached hydrogens (tertiary/aromatic N) is 1. The van der Waals surface area contributed by atoms with Gasteiger partial charge in [-0.1, -0.05) is 54.6 Å². The van der Waals surface area contributed by atoms with Gasteiger partial charge in [0, 0.05) is 18.5 Å². The zero-order valence-electron chi connectivity index (χ0n) is 18.1. The third-order valence-electron chi connectivity index (χ3n) is 6.99. The van der Waals surface area contributed by atoms with Crippen LogP contribution in [-0.4, -0.2) is 32.4 Å². The van der Waals surface area contributed by atoms with E-state index < -0.39 is 10.0 Å². The van der Waals surface area contributed by atoms with Gasteiger partial charge in [-0.25, -0.2) is 8.42 Å². The van der Waals surface area contributed by atoms with Gasteiger partial charge >= 0.3 is 0 Å². The Balaban J connectivity index is 1.35. The molecule has 1 aromatic heterocycles. The van der Waals surface area contributed by atoms with E-state index in [1.54, 1.807) is 22.7 Å². The molecule has 2 heterocycles. The Kier molecular flexibility index (Phi) is 5.32. The quantitative estimate of drug-likeness (QED) is 0.498. The summed E-state index contributed by atoms with van der Waals surface area (Å²) in [4.78, 5) is 0.333. The van der Waals surface area contributed by atoms with Gasteiger partial charge in [0.25, 0.3) is 0 Å². The van der Waals surface area contributed by atoms with E-state index >= 15 is 0 Å². The van der Waals surface area contributed by atoms with Crippen molar-refractivity contribution < 1.29 is 17.6 Å². The molecule has 5 rings (SSSR count). The Hall–Kier alpha value is -2.67. The highest BCUT2D eigenvalue weighted by Gasteiger charge is 2.71. The minimum Gasteiger partial charge on any atom is -0.465 e.